The van der Waals surface area contributed by atoms with Gasteiger partial charge < -0.3 is 20.0 Å². The van der Waals surface area contributed by atoms with Crippen LogP contribution in [0.2, 0.25) is 0 Å². The Morgan fingerprint density at radius 3 is 2.52 bits per heavy atom. The SMILES string of the molecule is CCOC(=O)c1c(C)[nH]c(C(=O)[C@@H](C)Sc2nnc(CCC(N)=O)n2CC)c1C. The van der Waals surface area contributed by atoms with Crippen molar-refractivity contribution in [3.05, 3.63) is 28.3 Å². The lowest BCUT2D eigenvalue weighted by Crippen LogP contribution is -2.17. The van der Waals surface area contributed by atoms with Gasteiger partial charge in [0, 0.05) is 25.1 Å². The van der Waals surface area contributed by atoms with E-state index in [1.165, 1.54) is 11.8 Å². The van der Waals surface area contributed by atoms with Crippen LogP contribution in [0.4, 0.5) is 0 Å². The second-order valence-corrected chi connectivity index (χ2v) is 7.89. The molecule has 0 saturated carbocycles. The number of ketones is 1. The molecule has 29 heavy (non-hydrogen) atoms. The second kappa shape index (κ2) is 9.73. The number of nitrogens with zero attached hydrogens (tertiary/aromatic N) is 3. The number of amides is 1. The standard InChI is InChI=1S/C19H27N5O4S/c1-6-24-14(9-8-13(20)25)22-23-19(24)29-12(5)17(26)16-10(3)15(11(4)21-16)18(27)28-7-2/h12,21H,6-9H2,1-5H3,(H2,20,25)/t12-/m1/s1. The Labute approximate surface area is 173 Å². The van der Waals surface area contributed by atoms with Crippen LogP contribution in [-0.4, -0.2) is 49.3 Å². The highest BCUT2D eigenvalue weighted by atomic mass is 32.2. The van der Waals surface area contributed by atoms with Gasteiger partial charge in [-0.15, -0.1) is 10.2 Å². The number of ether oxygens (including phenoxy) is 1. The summed E-state index contributed by atoms with van der Waals surface area (Å²) >= 11 is 1.28. The van der Waals surface area contributed by atoms with Gasteiger partial charge in [-0.3, -0.25) is 9.59 Å². The Balaban J connectivity index is 2.21. The molecule has 9 nitrogen and oxygen atoms in total. The van der Waals surface area contributed by atoms with Crippen molar-refractivity contribution in [2.75, 3.05) is 6.61 Å². The summed E-state index contributed by atoms with van der Waals surface area (Å²) in [7, 11) is 0. The van der Waals surface area contributed by atoms with E-state index in [1.807, 2.05) is 11.5 Å². The maximum atomic E-state index is 13.0. The van der Waals surface area contributed by atoms with Crippen molar-refractivity contribution in [3.63, 3.8) is 0 Å². The van der Waals surface area contributed by atoms with E-state index in [2.05, 4.69) is 15.2 Å². The number of nitrogens with two attached hydrogens (primary N) is 1. The van der Waals surface area contributed by atoms with Crippen LogP contribution < -0.4 is 5.73 Å². The molecule has 0 bridgehead atoms. The Kier molecular flexibility index (Phi) is 7.60. The van der Waals surface area contributed by atoms with Gasteiger partial charge in [0.05, 0.1) is 23.1 Å². The Morgan fingerprint density at radius 2 is 1.93 bits per heavy atom. The van der Waals surface area contributed by atoms with Crippen LogP contribution in [0.25, 0.3) is 0 Å². The van der Waals surface area contributed by atoms with Crippen LogP contribution in [0.1, 0.15) is 65.1 Å². The molecule has 0 saturated heterocycles. The average Bonchev–Trinajstić information content (AvgIpc) is 3.18. The number of aryl methyl sites for hydroxylation is 2. The minimum atomic E-state index is -0.458. The fraction of sp³-hybridized carbons (Fsp3) is 0.526. The summed E-state index contributed by atoms with van der Waals surface area (Å²) in [4.78, 5) is 39.2. The van der Waals surface area contributed by atoms with Gasteiger partial charge in [-0.2, -0.15) is 0 Å². The normalized spacial score (nSPS) is 12.0. The molecule has 3 N–H and O–H groups in total. The molecular weight excluding hydrogens is 394 g/mol. The monoisotopic (exact) mass is 421 g/mol. The highest BCUT2D eigenvalue weighted by Gasteiger charge is 2.27. The fourth-order valence-corrected chi connectivity index (χ4v) is 4.06. The number of esters is 1. The highest BCUT2D eigenvalue weighted by molar-refractivity contribution is 8.00. The zero-order valence-electron chi connectivity index (χ0n) is 17.4. The summed E-state index contributed by atoms with van der Waals surface area (Å²) in [6.07, 6.45) is 0.589. The van der Waals surface area contributed by atoms with Crippen molar-refractivity contribution in [1.29, 1.82) is 0 Å². The molecule has 0 radical (unpaired) electrons. The number of thioether (sulfide) groups is 1. The summed E-state index contributed by atoms with van der Waals surface area (Å²) in [5.41, 5.74) is 7.19. The number of primary amides is 1. The summed E-state index contributed by atoms with van der Waals surface area (Å²) in [5.74, 6) is -0.327. The number of carbonyl (C=O) groups excluding carboxylic acids is 3. The smallest absolute Gasteiger partial charge is 0.340 e. The molecule has 0 unspecified atom stereocenters. The third kappa shape index (κ3) is 5.06. The topological polar surface area (TPSA) is 133 Å². The number of Topliss-reactive ketones (excluding diaryl/α,β-unsaturated/α-hetero) is 1. The third-order valence-corrected chi connectivity index (χ3v) is 5.60. The lowest BCUT2D eigenvalue weighted by atomic mass is 10.1. The van der Waals surface area contributed by atoms with Crippen LogP contribution in [-0.2, 0) is 22.5 Å². The van der Waals surface area contributed by atoms with Gasteiger partial charge in [0.1, 0.15) is 5.82 Å². The van der Waals surface area contributed by atoms with Crippen molar-refractivity contribution in [1.82, 2.24) is 19.7 Å². The van der Waals surface area contributed by atoms with Crippen molar-refractivity contribution >= 4 is 29.4 Å². The van der Waals surface area contributed by atoms with Crippen molar-refractivity contribution < 1.29 is 19.1 Å². The lowest BCUT2D eigenvalue weighted by molar-refractivity contribution is -0.118. The maximum Gasteiger partial charge on any atom is 0.340 e. The number of hydrogen-bond acceptors (Lipinski definition) is 7. The molecule has 2 aromatic heterocycles. The molecule has 0 aliphatic heterocycles. The number of nitrogens with one attached hydrogen (secondary N) is 1. The molecule has 2 heterocycles. The predicted octanol–water partition coefficient (Wildman–Crippen LogP) is 2.20. The van der Waals surface area contributed by atoms with Crippen molar-refractivity contribution in [2.45, 2.75) is 64.4 Å². The Hall–Kier alpha value is -2.62. The van der Waals surface area contributed by atoms with Gasteiger partial charge >= 0.3 is 5.97 Å². The first kappa shape index (κ1) is 22.7. The van der Waals surface area contributed by atoms with Gasteiger partial charge in [-0.05, 0) is 40.2 Å². The maximum absolute atomic E-state index is 13.0. The van der Waals surface area contributed by atoms with Crippen molar-refractivity contribution in [2.24, 2.45) is 5.73 Å². The van der Waals surface area contributed by atoms with Gasteiger partial charge in [-0.25, -0.2) is 4.79 Å². The van der Waals surface area contributed by atoms with Gasteiger partial charge in [0.15, 0.2) is 10.9 Å². The van der Waals surface area contributed by atoms with Crippen LogP contribution in [0.5, 0.6) is 0 Å². The van der Waals surface area contributed by atoms with Crippen molar-refractivity contribution in [3.8, 4) is 0 Å². The van der Waals surface area contributed by atoms with E-state index in [4.69, 9.17) is 10.5 Å². The van der Waals surface area contributed by atoms with Crippen LogP contribution in [0.3, 0.4) is 0 Å². The molecule has 2 aromatic rings. The number of aromatic amines is 1. The Bertz CT molecular complexity index is 918. The van der Waals surface area contributed by atoms with Crippen LogP contribution >= 0.6 is 11.8 Å². The van der Waals surface area contributed by atoms with Gasteiger partial charge in [0.25, 0.3) is 0 Å². The van der Waals surface area contributed by atoms with E-state index in [-0.39, 0.29) is 18.8 Å². The third-order valence-electron chi connectivity index (χ3n) is 4.52. The summed E-state index contributed by atoms with van der Waals surface area (Å²) in [5, 5.41) is 8.43. The average molecular weight is 422 g/mol. The molecule has 0 aromatic carbocycles. The molecule has 0 aliphatic carbocycles. The Morgan fingerprint density at radius 1 is 1.24 bits per heavy atom. The zero-order chi connectivity index (χ0) is 21.7. The van der Waals surface area contributed by atoms with Crippen LogP contribution in [0, 0.1) is 13.8 Å². The predicted molar refractivity (Wildman–Crippen MR) is 109 cm³/mol. The zero-order valence-corrected chi connectivity index (χ0v) is 18.2. The number of hydrogen-bond donors (Lipinski definition) is 2. The van der Waals surface area contributed by atoms with E-state index in [0.29, 0.717) is 46.5 Å². The van der Waals surface area contributed by atoms with E-state index >= 15 is 0 Å². The molecular formula is C19H27N5O4S. The number of aromatic nitrogens is 4. The lowest BCUT2D eigenvalue weighted by Gasteiger charge is -2.11. The summed E-state index contributed by atoms with van der Waals surface area (Å²) in [6, 6.07) is 0. The molecule has 10 heteroatoms. The molecule has 158 valence electrons. The largest absolute Gasteiger partial charge is 0.462 e. The van der Waals surface area contributed by atoms with Gasteiger partial charge in [0.2, 0.25) is 5.91 Å². The molecule has 1 amide bonds. The van der Waals surface area contributed by atoms with E-state index in [9.17, 15) is 14.4 Å². The van der Waals surface area contributed by atoms with E-state index < -0.39 is 17.1 Å². The molecule has 1 atom stereocenters. The number of H-pyrrole nitrogens is 1. The first-order chi connectivity index (χ1) is 13.7. The van der Waals surface area contributed by atoms with Gasteiger partial charge in [-0.1, -0.05) is 11.8 Å². The van der Waals surface area contributed by atoms with E-state index in [1.54, 1.807) is 27.7 Å². The molecule has 0 spiro atoms. The van der Waals surface area contributed by atoms with Crippen LogP contribution in [0.15, 0.2) is 5.16 Å². The quantitative estimate of drug-likeness (QED) is 0.341. The minimum Gasteiger partial charge on any atom is -0.462 e. The molecule has 2 rings (SSSR count). The first-order valence-electron chi connectivity index (χ1n) is 9.48. The van der Waals surface area contributed by atoms with E-state index in [0.717, 1.165) is 0 Å². The molecule has 0 aliphatic rings. The summed E-state index contributed by atoms with van der Waals surface area (Å²) < 4.78 is 6.95. The second-order valence-electron chi connectivity index (χ2n) is 6.58. The number of rotatable bonds is 10. The number of carbonyl (C=O) groups is 3. The first-order valence-corrected chi connectivity index (χ1v) is 10.4. The minimum absolute atomic E-state index is 0.143. The highest BCUT2D eigenvalue weighted by Crippen LogP contribution is 2.28. The fourth-order valence-electron chi connectivity index (χ4n) is 3.06. The molecule has 0 fully saturated rings. The summed E-state index contributed by atoms with van der Waals surface area (Å²) in [6.45, 7) is 9.81.